The summed E-state index contributed by atoms with van der Waals surface area (Å²) < 4.78 is 5.51. The van der Waals surface area contributed by atoms with Crippen molar-refractivity contribution < 1.29 is 9.53 Å². The molecule has 1 aromatic carbocycles. The van der Waals surface area contributed by atoms with Crippen molar-refractivity contribution in [3.8, 4) is 5.75 Å². The van der Waals surface area contributed by atoms with Crippen molar-refractivity contribution in [1.29, 1.82) is 0 Å². The molecule has 1 aromatic rings. The van der Waals surface area contributed by atoms with Gasteiger partial charge in [0.05, 0.1) is 13.2 Å². The fourth-order valence-corrected chi connectivity index (χ4v) is 2.69. The van der Waals surface area contributed by atoms with Gasteiger partial charge in [0, 0.05) is 25.7 Å². The molecule has 1 aliphatic rings. The van der Waals surface area contributed by atoms with E-state index < -0.39 is 0 Å². The maximum Gasteiger partial charge on any atom is 0.231 e. The van der Waals surface area contributed by atoms with Crippen LogP contribution in [-0.4, -0.2) is 43.1 Å². The number of carbonyl (C=O) groups is 1. The monoisotopic (exact) mass is 291 g/mol. The molecular weight excluding hydrogens is 266 g/mol. The Balaban J connectivity index is 1.74. The summed E-state index contributed by atoms with van der Waals surface area (Å²) in [6.07, 6.45) is 2.11. The Morgan fingerprint density at radius 1 is 1.43 bits per heavy atom. The highest BCUT2D eigenvalue weighted by Crippen LogP contribution is 2.15. The number of primary amides is 1. The SMILES string of the molecule is CCOc1cccc(CNC2CCN(CC(N)=O)CC2)c1. The zero-order chi connectivity index (χ0) is 15.1. The van der Waals surface area contributed by atoms with Crippen LogP contribution >= 0.6 is 0 Å². The van der Waals surface area contributed by atoms with E-state index in [0.717, 1.165) is 38.2 Å². The molecule has 5 nitrogen and oxygen atoms in total. The van der Waals surface area contributed by atoms with Gasteiger partial charge >= 0.3 is 0 Å². The highest BCUT2D eigenvalue weighted by atomic mass is 16.5. The van der Waals surface area contributed by atoms with Crippen LogP contribution in [0.5, 0.6) is 5.75 Å². The van der Waals surface area contributed by atoms with E-state index in [1.165, 1.54) is 5.56 Å². The van der Waals surface area contributed by atoms with E-state index in [0.29, 0.717) is 19.2 Å². The molecule has 21 heavy (non-hydrogen) atoms. The lowest BCUT2D eigenvalue weighted by molar-refractivity contribution is -0.119. The maximum atomic E-state index is 10.9. The first-order valence-corrected chi connectivity index (χ1v) is 7.63. The summed E-state index contributed by atoms with van der Waals surface area (Å²) >= 11 is 0. The second-order valence-corrected chi connectivity index (χ2v) is 5.48. The topological polar surface area (TPSA) is 67.6 Å². The summed E-state index contributed by atoms with van der Waals surface area (Å²) in [5.41, 5.74) is 6.46. The minimum atomic E-state index is -0.242. The first-order chi connectivity index (χ1) is 10.2. The third-order valence-corrected chi connectivity index (χ3v) is 3.77. The quantitative estimate of drug-likeness (QED) is 0.790. The molecule has 116 valence electrons. The number of nitrogens with one attached hydrogen (secondary N) is 1. The van der Waals surface area contributed by atoms with E-state index in [1.807, 2.05) is 19.1 Å². The minimum absolute atomic E-state index is 0.242. The number of amides is 1. The zero-order valence-corrected chi connectivity index (χ0v) is 12.7. The number of ether oxygens (including phenoxy) is 1. The summed E-state index contributed by atoms with van der Waals surface area (Å²) in [4.78, 5) is 13.0. The van der Waals surface area contributed by atoms with E-state index in [2.05, 4.69) is 22.3 Å². The average Bonchev–Trinajstić information content (AvgIpc) is 2.47. The van der Waals surface area contributed by atoms with Crippen LogP contribution in [-0.2, 0) is 11.3 Å². The van der Waals surface area contributed by atoms with Crippen LogP contribution in [0.1, 0.15) is 25.3 Å². The van der Waals surface area contributed by atoms with Crippen LogP contribution < -0.4 is 15.8 Å². The lowest BCUT2D eigenvalue weighted by Crippen LogP contribution is -2.45. The molecule has 0 saturated carbocycles. The van der Waals surface area contributed by atoms with E-state index in [9.17, 15) is 4.79 Å². The van der Waals surface area contributed by atoms with Crippen molar-refractivity contribution in [2.45, 2.75) is 32.4 Å². The largest absolute Gasteiger partial charge is 0.494 e. The smallest absolute Gasteiger partial charge is 0.231 e. The molecule has 0 atom stereocenters. The molecule has 0 spiro atoms. The highest BCUT2D eigenvalue weighted by molar-refractivity contribution is 5.75. The van der Waals surface area contributed by atoms with Gasteiger partial charge in [-0.3, -0.25) is 9.69 Å². The van der Waals surface area contributed by atoms with Crippen LogP contribution in [0.25, 0.3) is 0 Å². The van der Waals surface area contributed by atoms with Gasteiger partial charge in [-0.25, -0.2) is 0 Å². The Morgan fingerprint density at radius 3 is 2.86 bits per heavy atom. The third-order valence-electron chi connectivity index (χ3n) is 3.77. The van der Waals surface area contributed by atoms with Crippen LogP contribution in [0.15, 0.2) is 24.3 Å². The maximum absolute atomic E-state index is 10.9. The Morgan fingerprint density at radius 2 is 2.19 bits per heavy atom. The average molecular weight is 291 g/mol. The number of nitrogens with zero attached hydrogens (tertiary/aromatic N) is 1. The lowest BCUT2D eigenvalue weighted by atomic mass is 10.0. The molecule has 1 fully saturated rings. The lowest BCUT2D eigenvalue weighted by Gasteiger charge is -2.31. The van der Waals surface area contributed by atoms with Crippen LogP contribution in [0.2, 0.25) is 0 Å². The second kappa shape index (κ2) is 8.00. The fraction of sp³-hybridized carbons (Fsp3) is 0.562. The third kappa shape index (κ3) is 5.36. The molecule has 3 N–H and O–H groups in total. The molecule has 1 heterocycles. The Bertz CT molecular complexity index is 457. The number of piperidine rings is 1. The fourth-order valence-electron chi connectivity index (χ4n) is 2.69. The number of nitrogens with two attached hydrogens (primary N) is 1. The van der Waals surface area contributed by atoms with Gasteiger partial charge in [-0.05, 0) is 37.5 Å². The summed E-state index contributed by atoms with van der Waals surface area (Å²) in [5, 5.41) is 3.58. The van der Waals surface area contributed by atoms with Crippen molar-refractivity contribution in [2.24, 2.45) is 5.73 Å². The summed E-state index contributed by atoms with van der Waals surface area (Å²) in [6.45, 7) is 5.77. The van der Waals surface area contributed by atoms with Gasteiger partial charge in [0.2, 0.25) is 5.91 Å². The summed E-state index contributed by atoms with van der Waals surface area (Å²) in [5.74, 6) is 0.683. The molecule has 1 aliphatic heterocycles. The first-order valence-electron chi connectivity index (χ1n) is 7.63. The molecule has 1 saturated heterocycles. The molecule has 5 heteroatoms. The molecular formula is C16H25N3O2. The Labute approximate surface area is 126 Å². The molecule has 0 aliphatic carbocycles. The number of benzene rings is 1. The van der Waals surface area contributed by atoms with Gasteiger partial charge in [-0.2, -0.15) is 0 Å². The molecule has 0 aromatic heterocycles. The van der Waals surface area contributed by atoms with E-state index in [4.69, 9.17) is 10.5 Å². The van der Waals surface area contributed by atoms with Crippen molar-refractivity contribution >= 4 is 5.91 Å². The van der Waals surface area contributed by atoms with Crippen molar-refractivity contribution in [1.82, 2.24) is 10.2 Å². The number of hydrogen-bond donors (Lipinski definition) is 2. The molecule has 0 unspecified atom stereocenters. The normalized spacial score (nSPS) is 16.8. The van der Waals surface area contributed by atoms with Gasteiger partial charge in [-0.1, -0.05) is 12.1 Å². The zero-order valence-electron chi connectivity index (χ0n) is 12.7. The number of likely N-dealkylation sites (tertiary alicyclic amines) is 1. The van der Waals surface area contributed by atoms with Crippen LogP contribution in [0.4, 0.5) is 0 Å². The standard InChI is InChI=1S/C16H25N3O2/c1-2-21-15-5-3-4-13(10-15)11-18-14-6-8-19(9-7-14)12-16(17)20/h3-5,10,14,18H,2,6-9,11-12H2,1H3,(H2,17,20). The number of carbonyl (C=O) groups excluding carboxylic acids is 1. The first kappa shape index (κ1) is 15.8. The number of hydrogen-bond acceptors (Lipinski definition) is 4. The second-order valence-electron chi connectivity index (χ2n) is 5.48. The Kier molecular flexibility index (Phi) is 6.02. The van der Waals surface area contributed by atoms with E-state index in [1.54, 1.807) is 0 Å². The highest BCUT2D eigenvalue weighted by Gasteiger charge is 2.19. The minimum Gasteiger partial charge on any atom is -0.494 e. The van der Waals surface area contributed by atoms with Gasteiger partial charge < -0.3 is 15.8 Å². The predicted octanol–water partition coefficient (Wildman–Crippen LogP) is 1.12. The number of rotatable bonds is 7. The molecule has 0 radical (unpaired) electrons. The van der Waals surface area contributed by atoms with Crippen molar-refractivity contribution in [2.75, 3.05) is 26.2 Å². The van der Waals surface area contributed by atoms with E-state index in [-0.39, 0.29) is 5.91 Å². The molecule has 2 rings (SSSR count). The summed E-state index contributed by atoms with van der Waals surface area (Å²) in [6, 6.07) is 8.70. The Hall–Kier alpha value is -1.59. The van der Waals surface area contributed by atoms with Gasteiger partial charge in [-0.15, -0.1) is 0 Å². The van der Waals surface area contributed by atoms with Crippen molar-refractivity contribution in [3.63, 3.8) is 0 Å². The van der Waals surface area contributed by atoms with Crippen LogP contribution in [0, 0.1) is 0 Å². The van der Waals surface area contributed by atoms with E-state index >= 15 is 0 Å². The van der Waals surface area contributed by atoms with Gasteiger partial charge in [0.25, 0.3) is 0 Å². The summed E-state index contributed by atoms with van der Waals surface area (Å²) in [7, 11) is 0. The van der Waals surface area contributed by atoms with Crippen molar-refractivity contribution in [3.05, 3.63) is 29.8 Å². The van der Waals surface area contributed by atoms with Crippen LogP contribution in [0.3, 0.4) is 0 Å². The van der Waals surface area contributed by atoms with Gasteiger partial charge in [0.1, 0.15) is 5.75 Å². The molecule has 0 bridgehead atoms. The van der Waals surface area contributed by atoms with Gasteiger partial charge in [0.15, 0.2) is 0 Å². The molecule has 1 amide bonds. The predicted molar refractivity (Wildman–Crippen MR) is 83.1 cm³/mol.